The van der Waals surface area contributed by atoms with E-state index in [1.807, 2.05) is 0 Å². The molecule has 1 heterocycles. The molecule has 0 saturated heterocycles. The quantitative estimate of drug-likeness (QED) is 0.625. The Morgan fingerprint density at radius 1 is 1.65 bits per heavy atom. The summed E-state index contributed by atoms with van der Waals surface area (Å²) in [7, 11) is 1.44. The molecule has 0 radical (unpaired) electrons. The second kappa shape index (κ2) is 5.67. The zero-order chi connectivity index (χ0) is 13.1. The van der Waals surface area contributed by atoms with Crippen LogP contribution < -0.4 is 11.3 Å². The summed E-state index contributed by atoms with van der Waals surface area (Å²) in [6.07, 6.45) is -3.41. The molecule has 0 aromatic carbocycles. The van der Waals surface area contributed by atoms with Gasteiger partial charge >= 0.3 is 6.18 Å². The third-order valence-electron chi connectivity index (χ3n) is 2.11. The number of halogens is 4. The van der Waals surface area contributed by atoms with Gasteiger partial charge in [-0.15, -0.1) is 0 Å². The zero-order valence-electron chi connectivity index (χ0n) is 8.96. The minimum absolute atomic E-state index is 0.0959. The molecule has 17 heavy (non-hydrogen) atoms. The third-order valence-corrected chi connectivity index (χ3v) is 2.40. The SMILES string of the molecule is COCCn1ncc(Cl)c1C(NN)C(F)(F)F. The molecule has 1 atom stereocenters. The van der Waals surface area contributed by atoms with Crippen LogP contribution in [-0.2, 0) is 11.3 Å². The number of ether oxygens (including phenoxy) is 1. The van der Waals surface area contributed by atoms with E-state index >= 15 is 0 Å². The molecule has 9 heteroatoms. The van der Waals surface area contributed by atoms with Crippen molar-refractivity contribution >= 4 is 11.6 Å². The third kappa shape index (κ3) is 3.32. The first-order valence-corrected chi connectivity index (χ1v) is 5.02. The summed E-state index contributed by atoms with van der Waals surface area (Å²) >= 11 is 5.68. The molecule has 0 bridgehead atoms. The molecule has 0 spiro atoms. The van der Waals surface area contributed by atoms with Crippen molar-refractivity contribution in [1.29, 1.82) is 0 Å². The first kappa shape index (κ1) is 14.2. The highest BCUT2D eigenvalue weighted by atomic mass is 35.5. The minimum Gasteiger partial charge on any atom is -0.383 e. The lowest BCUT2D eigenvalue weighted by atomic mass is 10.2. The molecule has 1 rings (SSSR count). The standard InChI is InChI=1S/C8H12ClF3N4O/c1-17-3-2-16-6(5(9)4-14-16)7(15-13)8(10,11)12/h4,7,15H,2-3,13H2,1H3. The second-order valence-corrected chi connectivity index (χ2v) is 3.64. The summed E-state index contributed by atoms with van der Waals surface area (Å²) in [4.78, 5) is 0. The summed E-state index contributed by atoms with van der Waals surface area (Å²) in [6, 6.07) is -2.06. The first-order chi connectivity index (χ1) is 7.91. The Kier molecular flexibility index (Phi) is 4.75. The molecule has 3 N–H and O–H groups in total. The largest absolute Gasteiger partial charge is 0.410 e. The van der Waals surface area contributed by atoms with E-state index in [9.17, 15) is 13.2 Å². The summed E-state index contributed by atoms with van der Waals surface area (Å²) < 4.78 is 44.0. The lowest BCUT2D eigenvalue weighted by molar-refractivity contribution is -0.159. The normalized spacial score (nSPS) is 14.0. The van der Waals surface area contributed by atoms with Gasteiger partial charge in [0.05, 0.1) is 30.1 Å². The van der Waals surface area contributed by atoms with E-state index in [0.717, 1.165) is 10.9 Å². The van der Waals surface area contributed by atoms with Gasteiger partial charge < -0.3 is 4.74 Å². The molecule has 0 amide bonds. The lowest BCUT2D eigenvalue weighted by Gasteiger charge is -2.20. The monoisotopic (exact) mass is 272 g/mol. The van der Waals surface area contributed by atoms with Crippen LogP contribution in [0.1, 0.15) is 11.7 Å². The summed E-state index contributed by atoms with van der Waals surface area (Å²) in [5.74, 6) is 4.92. The van der Waals surface area contributed by atoms with Crippen molar-refractivity contribution in [3.05, 3.63) is 16.9 Å². The molecule has 1 aromatic heterocycles. The highest BCUT2D eigenvalue weighted by molar-refractivity contribution is 6.31. The van der Waals surface area contributed by atoms with Gasteiger partial charge in [-0.05, 0) is 0 Å². The number of aromatic nitrogens is 2. The molecule has 1 aromatic rings. The molecule has 1 unspecified atom stereocenters. The Hall–Kier alpha value is -0.830. The van der Waals surface area contributed by atoms with Crippen molar-refractivity contribution in [2.75, 3.05) is 13.7 Å². The second-order valence-electron chi connectivity index (χ2n) is 3.23. The number of alkyl halides is 3. The van der Waals surface area contributed by atoms with Crippen LogP contribution in [0.3, 0.4) is 0 Å². The predicted octanol–water partition coefficient (Wildman–Crippen LogP) is 1.25. The molecule has 0 fully saturated rings. The molecule has 5 nitrogen and oxygen atoms in total. The van der Waals surface area contributed by atoms with E-state index in [-0.39, 0.29) is 23.9 Å². The number of nitrogens with two attached hydrogens (primary N) is 1. The summed E-state index contributed by atoms with van der Waals surface area (Å²) in [5.41, 5.74) is 1.47. The Morgan fingerprint density at radius 3 is 2.76 bits per heavy atom. The summed E-state index contributed by atoms with van der Waals surface area (Å²) in [5, 5.41) is 3.65. The number of rotatable bonds is 5. The van der Waals surface area contributed by atoms with E-state index in [0.29, 0.717) is 0 Å². The van der Waals surface area contributed by atoms with Crippen LogP contribution in [0.4, 0.5) is 13.2 Å². The van der Waals surface area contributed by atoms with Crippen LogP contribution in [0.5, 0.6) is 0 Å². The van der Waals surface area contributed by atoms with Crippen LogP contribution in [0.2, 0.25) is 5.02 Å². The van der Waals surface area contributed by atoms with Crippen molar-refractivity contribution in [2.45, 2.75) is 18.8 Å². The van der Waals surface area contributed by atoms with Gasteiger partial charge in [0.25, 0.3) is 0 Å². The van der Waals surface area contributed by atoms with Crippen LogP contribution in [0.15, 0.2) is 6.20 Å². The van der Waals surface area contributed by atoms with Crippen LogP contribution in [0.25, 0.3) is 0 Å². The maximum atomic E-state index is 12.7. The van der Waals surface area contributed by atoms with Gasteiger partial charge in [-0.2, -0.15) is 18.3 Å². The zero-order valence-corrected chi connectivity index (χ0v) is 9.72. The maximum Gasteiger partial charge on any atom is 0.410 e. The van der Waals surface area contributed by atoms with Gasteiger partial charge in [0.15, 0.2) is 6.04 Å². The van der Waals surface area contributed by atoms with Gasteiger partial charge in [-0.1, -0.05) is 11.6 Å². The van der Waals surface area contributed by atoms with Gasteiger partial charge in [-0.3, -0.25) is 10.5 Å². The van der Waals surface area contributed by atoms with Gasteiger partial charge in [-0.25, -0.2) is 5.43 Å². The van der Waals surface area contributed by atoms with Crippen molar-refractivity contribution in [3.8, 4) is 0 Å². The Bertz CT molecular complexity index is 368. The maximum absolute atomic E-state index is 12.7. The Labute approximate surface area is 101 Å². The van der Waals surface area contributed by atoms with E-state index in [1.54, 1.807) is 5.43 Å². The molecule has 0 aliphatic heterocycles. The molecule has 0 saturated carbocycles. The Balaban J connectivity index is 3.05. The first-order valence-electron chi connectivity index (χ1n) is 4.64. The molecule has 0 aliphatic rings. The minimum atomic E-state index is -4.55. The number of hydrogen-bond acceptors (Lipinski definition) is 4. The molecular formula is C8H12ClF3N4O. The number of nitrogens with zero attached hydrogens (tertiary/aromatic N) is 2. The number of hydrazine groups is 1. The van der Waals surface area contributed by atoms with E-state index in [2.05, 4.69) is 5.10 Å². The number of nitrogens with one attached hydrogen (secondary N) is 1. The molecular weight excluding hydrogens is 261 g/mol. The fourth-order valence-corrected chi connectivity index (χ4v) is 1.59. The van der Waals surface area contributed by atoms with E-state index < -0.39 is 12.2 Å². The highest BCUT2D eigenvalue weighted by Crippen LogP contribution is 2.35. The van der Waals surface area contributed by atoms with Crippen LogP contribution in [0, 0.1) is 0 Å². The fraction of sp³-hybridized carbons (Fsp3) is 0.625. The van der Waals surface area contributed by atoms with Crippen molar-refractivity contribution in [3.63, 3.8) is 0 Å². The average molecular weight is 273 g/mol. The number of methoxy groups -OCH3 is 1. The number of hydrogen-bond donors (Lipinski definition) is 2. The van der Waals surface area contributed by atoms with Gasteiger partial charge in [0, 0.05) is 7.11 Å². The Morgan fingerprint density at radius 2 is 2.29 bits per heavy atom. The predicted molar refractivity (Wildman–Crippen MR) is 55.2 cm³/mol. The van der Waals surface area contributed by atoms with Crippen LogP contribution in [-0.4, -0.2) is 29.7 Å². The van der Waals surface area contributed by atoms with Crippen LogP contribution >= 0.6 is 11.6 Å². The lowest BCUT2D eigenvalue weighted by Crippen LogP contribution is -2.40. The molecule has 98 valence electrons. The highest BCUT2D eigenvalue weighted by Gasteiger charge is 2.43. The average Bonchev–Trinajstić information content (AvgIpc) is 2.57. The van der Waals surface area contributed by atoms with E-state index in [1.165, 1.54) is 7.11 Å². The topological polar surface area (TPSA) is 65.1 Å². The van der Waals surface area contributed by atoms with Crippen molar-refractivity contribution in [1.82, 2.24) is 15.2 Å². The van der Waals surface area contributed by atoms with Crippen molar-refractivity contribution < 1.29 is 17.9 Å². The fourth-order valence-electron chi connectivity index (χ4n) is 1.34. The van der Waals surface area contributed by atoms with Crippen molar-refractivity contribution in [2.24, 2.45) is 5.84 Å². The van der Waals surface area contributed by atoms with Gasteiger partial charge in [0.2, 0.25) is 0 Å². The smallest absolute Gasteiger partial charge is 0.383 e. The summed E-state index contributed by atoms with van der Waals surface area (Å²) in [6.45, 7) is 0.382. The molecule has 0 aliphatic carbocycles. The van der Waals surface area contributed by atoms with Gasteiger partial charge in [0.1, 0.15) is 0 Å². The van der Waals surface area contributed by atoms with E-state index in [4.69, 9.17) is 22.2 Å².